The van der Waals surface area contributed by atoms with Gasteiger partial charge >= 0.3 is 0 Å². The molecule has 0 aliphatic carbocycles. The Labute approximate surface area is 120 Å². The minimum absolute atomic E-state index is 0.0910. The number of nitrogens with zero attached hydrogens (tertiary/aromatic N) is 4. The number of hydrogen-bond donors (Lipinski definition) is 0. The maximum absolute atomic E-state index is 12.3. The number of likely N-dealkylation sites (N-methyl/N-ethyl adjacent to an activating group) is 1. The van der Waals surface area contributed by atoms with Crippen molar-refractivity contribution in [3.8, 4) is 0 Å². The third kappa shape index (κ3) is 2.93. The van der Waals surface area contributed by atoms with E-state index in [2.05, 4.69) is 24.0 Å². The summed E-state index contributed by atoms with van der Waals surface area (Å²) < 4.78 is 1.85. The lowest BCUT2D eigenvalue weighted by Gasteiger charge is -2.37. The highest BCUT2D eigenvalue weighted by atomic mass is 16.2. The molecule has 0 spiro atoms. The van der Waals surface area contributed by atoms with Crippen LogP contribution in [0.3, 0.4) is 0 Å². The van der Waals surface area contributed by atoms with E-state index in [1.165, 1.54) is 0 Å². The van der Waals surface area contributed by atoms with E-state index in [4.69, 9.17) is 0 Å². The predicted molar refractivity (Wildman–Crippen MR) is 80.4 cm³/mol. The first-order chi connectivity index (χ1) is 9.40. The monoisotopic (exact) mass is 276 g/mol. The molecule has 0 bridgehead atoms. The summed E-state index contributed by atoms with van der Waals surface area (Å²) in [4.78, 5) is 16.5. The lowest BCUT2D eigenvalue weighted by atomic mass is 10.1. The summed E-state index contributed by atoms with van der Waals surface area (Å²) in [6.45, 7) is 8.76. The average Bonchev–Trinajstić information content (AvgIpc) is 2.61. The van der Waals surface area contributed by atoms with Gasteiger partial charge in [0.2, 0.25) is 5.91 Å². The molecule has 1 aliphatic heterocycles. The fraction of sp³-hybridized carbons (Fsp3) is 0.600. The lowest BCUT2D eigenvalue weighted by molar-refractivity contribution is -0.129. The van der Waals surface area contributed by atoms with E-state index >= 15 is 0 Å². The number of hydrogen-bond acceptors (Lipinski definition) is 3. The van der Waals surface area contributed by atoms with Crippen molar-refractivity contribution in [3.63, 3.8) is 0 Å². The lowest BCUT2D eigenvalue weighted by Crippen LogP contribution is -2.52. The smallest absolute Gasteiger partial charge is 0.246 e. The summed E-state index contributed by atoms with van der Waals surface area (Å²) in [6, 6.07) is 0.266. The Morgan fingerprint density at radius 2 is 2.00 bits per heavy atom. The summed E-state index contributed by atoms with van der Waals surface area (Å²) in [5, 5.41) is 4.36. The molecule has 5 heteroatoms. The van der Waals surface area contributed by atoms with Gasteiger partial charge in [-0.05, 0) is 33.9 Å². The second kappa shape index (κ2) is 5.79. The Hall–Kier alpha value is -1.62. The summed E-state index contributed by atoms with van der Waals surface area (Å²) in [5.41, 5.74) is 3.08. The van der Waals surface area contributed by atoms with Gasteiger partial charge in [-0.15, -0.1) is 0 Å². The Morgan fingerprint density at radius 1 is 1.30 bits per heavy atom. The molecule has 1 saturated heterocycles. The summed E-state index contributed by atoms with van der Waals surface area (Å²) in [6.07, 6.45) is 3.57. The number of carbonyl (C=O) groups is 1. The van der Waals surface area contributed by atoms with E-state index in [9.17, 15) is 4.79 Å². The molecular weight excluding hydrogens is 252 g/mol. The molecule has 0 N–H and O–H groups in total. The van der Waals surface area contributed by atoms with Gasteiger partial charge in [-0.1, -0.05) is 0 Å². The van der Waals surface area contributed by atoms with Crippen molar-refractivity contribution < 1.29 is 4.79 Å². The quantitative estimate of drug-likeness (QED) is 0.763. The average molecular weight is 276 g/mol. The minimum atomic E-state index is 0.0910. The molecule has 0 saturated carbocycles. The molecule has 1 aromatic heterocycles. The van der Waals surface area contributed by atoms with Crippen LogP contribution in [-0.4, -0.2) is 58.2 Å². The Bertz CT molecular complexity index is 532. The van der Waals surface area contributed by atoms with E-state index in [0.29, 0.717) is 0 Å². The van der Waals surface area contributed by atoms with Gasteiger partial charge in [-0.2, -0.15) is 5.10 Å². The van der Waals surface area contributed by atoms with Crippen LogP contribution < -0.4 is 0 Å². The number of aromatic nitrogens is 2. The topological polar surface area (TPSA) is 41.4 Å². The van der Waals surface area contributed by atoms with Crippen LogP contribution in [0.4, 0.5) is 0 Å². The van der Waals surface area contributed by atoms with Crippen molar-refractivity contribution >= 4 is 12.0 Å². The van der Waals surface area contributed by atoms with Crippen LogP contribution in [0.25, 0.3) is 6.08 Å². The Morgan fingerprint density at radius 3 is 2.55 bits per heavy atom. The number of piperazine rings is 1. The molecule has 0 aromatic carbocycles. The second-order valence-corrected chi connectivity index (χ2v) is 5.68. The zero-order valence-corrected chi connectivity index (χ0v) is 13.1. The maximum Gasteiger partial charge on any atom is 0.246 e. The van der Waals surface area contributed by atoms with Crippen molar-refractivity contribution in [1.82, 2.24) is 19.6 Å². The minimum Gasteiger partial charge on any atom is -0.334 e. The summed E-state index contributed by atoms with van der Waals surface area (Å²) in [7, 11) is 4.01. The molecular formula is C15H24N4O. The number of rotatable bonds is 2. The van der Waals surface area contributed by atoms with Crippen molar-refractivity contribution in [2.24, 2.45) is 7.05 Å². The van der Waals surface area contributed by atoms with Gasteiger partial charge in [0.1, 0.15) is 0 Å². The molecule has 1 unspecified atom stereocenters. The van der Waals surface area contributed by atoms with Crippen LogP contribution in [0.15, 0.2) is 6.08 Å². The van der Waals surface area contributed by atoms with Crippen LogP contribution in [0.1, 0.15) is 23.9 Å². The highest BCUT2D eigenvalue weighted by Crippen LogP contribution is 2.15. The van der Waals surface area contributed by atoms with Gasteiger partial charge in [0, 0.05) is 50.1 Å². The molecule has 1 aliphatic rings. The van der Waals surface area contributed by atoms with Gasteiger partial charge < -0.3 is 9.80 Å². The molecule has 1 aromatic rings. The van der Waals surface area contributed by atoms with Crippen molar-refractivity contribution in [2.45, 2.75) is 26.8 Å². The normalized spacial score (nSPS) is 20.9. The molecule has 2 heterocycles. The standard InChI is InChI=1S/C15H24N4O/c1-11-10-17(4)8-9-19(11)15(20)7-6-14-12(2)16-18(5)13(14)3/h6-7,11H,8-10H2,1-5H3. The van der Waals surface area contributed by atoms with Gasteiger partial charge in [-0.25, -0.2) is 0 Å². The van der Waals surface area contributed by atoms with Gasteiger partial charge in [-0.3, -0.25) is 9.48 Å². The van der Waals surface area contributed by atoms with Crippen molar-refractivity contribution in [1.29, 1.82) is 0 Å². The van der Waals surface area contributed by atoms with E-state index in [-0.39, 0.29) is 11.9 Å². The zero-order valence-electron chi connectivity index (χ0n) is 13.1. The third-order valence-corrected chi connectivity index (χ3v) is 4.07. The highest BCUT2D eigenvalue weighted by molar-refractivity contribution is 5.92. The first kappa shape index (κ1) is 14.8. The summed E-state index contributed by atoms with van der Waals surface area (Å²) >= 11 is 0. The van der Waals surface area contributed by atoms with Gasteiger partial charge in [0.25, 0.3) is 0 Å². The van der Waals surface area contributed by atoms with E-state index < -0.39 is 0 Å². The SMILES string of the molecule is Cc1nn(C)c(C)c1C=CC(=O)N1CCN(C)CC1C. The van der Waals surface area contributed by atoms with Crippen molar-refractivity contribution in [2.75, 3.05) is 26.7 Å². The maximum atomic E-state index is 12.3. The van der Waals surface area contributed by atoms with Gasteiger partial charge in [0.05, 0.1) is 5.69 Å². The van der Waals surface area contributed by atoms with Crippen molar-refractivity contribution in [3.05, 3.63) is 23.0 Å². The number of amides is 1. The molecule has 5 nitrogen and oxygen atoms in total. The van der Waals surface area contributed by atoms with Crippen LogP contribution >= 0.6 is 0 Å². The fourth-order valence-electron chi connectivity index (χ4n) is 2.75. The van der Waals surface area contributed by atoms with E-state index in [1.54, 1.807) is 6.08 Å². The molecule has 1 amide bonds. The van der Waals surface area contributed by atoms with Crippen LogP contribution in [0, 0.1) is 13.8 Å². The number of aryl methyl sites for hydroxylation is 2. The molecule has 110 valence electrons. The molecule has 20 heavy (non-hydrogen) atoms. The fourth-order valence-corrected chi connectivity index (χ4v) is 2.75. The Kier molecular flexibility index (Phi) is 4.28. The Balaban J connectivity index is 2.09. The molecule has 0 radical (unpaired) electrons. The predicted octanol–water partition coefficient (Wildman–Crippen LogP) is 1.21. The van der Waals surface area contributed by atoms with Crippen LogP contribution in [0.5, 0.6) is 0 Å². The molecule has 1 atom stereocenters. The van der Waals surface area contributed by atoms with Crippen LogP contribution in [0.2, 0.25) is 0 Å². The first-order valence-corrected chi connectivity index (χ1v) is 7.07. The number of carbonyl (C=O) groups excluding carboxylic acids is 1. The summed E-state index contributed by atoms with van der Waals surface area (Å²) in [5.74, 6) is 0.0910. The molecule has 1 fully saturated rings. The first-order valence-electron chi connectivity index (χ1n) is 7.07. The second-order valence-electron chi connectivity index (χ2n) is 5.68. The highest BCUT2D eigenvalue weighted by Gasteiger charge is 2.24. The zero-order chi connectivity index (χ0) is 14.9. The van der Waals surface area contributed by atoms with E-state index in [1.807, 2.05) is 36.6 Å². The largest absolute Gasteiger partial charge is 0.334 e. The van der Waals surface area contributed by atoms with Gasteiger partial charge in [0.15, 0.2) is 0 Å². The van der Waals surface area contributed by atoms with E-state index in [0.717, 1.165) is 36.6 Å². The van der Waals surface area contributed by atoms with Crippen LogP contribution in [-0.2, 0) is 11.8 Å². The molecule has 2 rings (SSSR count). The third-order valence-electron chi connectivity index (χ3n) is 4.07.